The Balaban J connectivity index is 1.83. The third kappa shape index (κ3) is 2.80. The zero-order valence-corrected chi connectivity index (χ0v) is 12.5. The first-order chi connectivity index (χ1) is 9.75. The number of carbonyl (C=O) groups is 1. The average molecular weight is 290 g/mol. The Morgan fingerprint density at radius 3 is 2.30 bits per heavy atom. The standard InChI is InChI=1S/C15H18O4Si/c1-10(16)19-20-14-5-3-2-4-13(14)15(11-6-17-7-11)12-8-18-9-12/h2-5,11-12,15H,6-9H2,1H3. The van der Waals surface area contributed by atoms with Crippen LogP contribution in [0.3, 0.4) is 0 Å². The van der Waals surface area contributed by atoms with Gasteiger partial charge < -0.3 is 13.9 Å². The first kappa shape index (κ1) is 13.8. The maximum atomic E-state index is 11.0. The monoisotopic (exact) mass is 290 g/mol. The van der Waals surface area contributed by atoms with E-state index in [1.165, 1.54) is 12.5 Å². The number of ether oxygens (including phenoxy) is 2. The van der Waals surface area contributed by atoms with E-state index in [0.717, 1.165) is 31.6 Å². The molecule has 0 aromatic heterocycles. The van der Waals surface area contributed by atoms with Gasteiger partial charge >= 0.3 is 9.76 Å². The summed E-state index contributed by atoms with van der Waals surface area (Å²) in [6.45, 7) is 4.75. The smallest absolute Gasteiger partial charge is 0.355 e. The Bertz CT molecular complexity index is 469. The van der Waals surface area contributed by atoms with Gasteiger partial charge in [0.25, 0.3) is 5.97 Å². The van der Waals surface area contributed by atoms with Crippen LogP contribution in [0.4, 0.5) is 0 Å². The fraction of sp³-hybridized carbons (Fsp3) is 0.533. The molecule has 2 fully saturated rings. The predicted octanol–water partition coefficient (Wildman–Crippen LogP) is 0.871. The lowest BCUT2D eigenvalue weighted by atomic mass is 9.75. The van der Waals surface area contributed by atoms with Gasteiger partial charge in [0.1, 0.15) is 0 Å². The summed E-state index contributed by atoms with van der Waals surface area (Å²) < 4.78 is 15.9. The number of rotatable bonds is 5. The second-order valence-corrected chi connectivity index (χ2v) is 6.35. The molecule has 4 nitrogen and oxygen atoms in total. The lowest BCUT2D eigenvalue weighted by molar-refractivity contribution is -0.131. The van der Waals surface area contributed by atoms with E-state index < -0.39 is 0 Å². The number of carbonyl (C=O) groups excluding carboxylic acids is 1. The van der Waals surface area contributed by atoms with Crippen LogP contribution in [0.5, 0.6) is 0 Å². The Kier molecular flexibility index (Phi) is 4.19. The van der Waals surface area contributed by atoms with Crippen molar-refractivity contribution in [2.75, 3.05) is 26.4 Å². The molecule has 20 heavy (non-hydrogen) atoms. The van der Waals surface area contributed by atoms with Gasteiger partial charge in [0, 0.05) is 18.8 Å². The van der Waals surface area contributed by atoms with Crippen molar-refractivity contribution in [2.24, 2.45) is 11.8 Å². The number of hydrogen-bond donors (Lipinski definition) is 0. The lowest BCUT2D eigenvalue weighted by Crippen LogP contribution is -2.45. The van der Waals surface area contributed by atoms with Gasteiger partial charge in [0.15, 0.2) is 0 Å². The Hall–Kier alpha value is -1.17. The van der Waals surface area contributed by atoms with Crippen LogP contribution in [0.15, 0.2) is 24.3 Å². The Morgan fingerprint density at radius 1 is 1.20 bits per heavy atom. The molecular weight excluding hydrogens is 272 g/mol. The zero-order chi connectivity index (χ0) is 13.9. The van der Waals surface area contributed by atoms with Crippen LogP contribution in [-0.2, 0) is 18.7 Å². The molecule has 0 bridgehead atoms. The summed E-state index contributed by atoms with van der Waals surface area (Å²) in [7, 11) is 0.0817. The fourth-order valence-corrected chi connectivity index (χ4v) is 3.61. The van der Waals surface area contributed by atoms with Crippen LogP contribution in [0.1, 0.15) is 18.4 Å². The highest BCUT2D eigenvalue weighted by Crippen LogP contribution is 2.39. The van der Waals surface area contributed by atoms with Crippen molar-refractivity contribution in [1.29, 1.82) is 0 Å². The molecule has 0 spiro atoms. The molecule has 2 radical (unpaired) electrons. The van der Waals surface area contributed by atoms with E-state index in [9.17, 15) is 4.79 Å². The third-order valence-corrected chi connectivity index (χ3v) is 5.03. The normalized spacial score (nSPS) is 19.5. The summed E-state index contributed by atoms with van der Waals surface area (Å²) in [4.78, 5) is 11.0. The highest BCUT2D eigenvalue weighted by molar-refractivity contribution is 6.49. The molecule has 2 saturated heterocycles. The molecule has 106 valence electrons. The lowest BCUT2D eigenvalue weighted by Gasteiger charge is -2.42. The minimum atomic E-state index is -0.228. The molecule has 5 heteroatoms. The summed E-state index contributed by atoms with van der Waals surface area (Å²) in [5, 5.41) is 1.13. The van der Waals surface area contributed by atoms with Gasteiger partial charge in [0.05, 0.1) is 26.4 Å². The SMILES string of the molecule is CC(=O)O[Si]c1ccccc1C(C1COC1)C1COC1. The quantitative estimate of drug-likeness (QED) is 0.755. The van der Waals surface area contributed by atoms with Gasteiger partial charge in [-0.1, -0.05) is 24.3 Å². The molecule has 0 saturated carbocycles. The van der Waals surface area contributed by atoms with Gasteiger partial charge in [-0.05, 0) is 16.7 Å². The minimum Gasteiger partial charge on any atom is -0.511 e. The minimum absolute atomic E-state index is 0.0817. The van der Waals surface area contributed by atoms with Crippen LogP contribution in [0, 0.1) is 11.8 Å². The predicted molar refractivity (Wildman–Crippen MR) is 75.0 cm³/mol. The van der Waals surface area contributed by atoms with Crippen molar-refractivity contribution in [2.45, 2.75) is 12.8 Å². The molecule has 1 aromatic rings. The first-order valence-corrected chi connectivity index (χ1v) is 7.84. The average Bonchev–Trinajstić information content (AvgIpc) is 2.31. The van der Waals surface area contributed by atoms with E-state index in [4.69, 9.17) is 13.9 Å². The Morgan fingerprint density at radius 2 is 1.80 bits per heavy atom. The molecule has 2 aliphatic heterocycles. The van der Waals surface area contributed by atoms with Crippen molar-refractivity contribution >= 4 is 20.9 Å². The summed E-state index contributed by atoms with van der Waals surface area (Å²) in [5.74, 6) is 1.35. The molecule has 3 rings (SSSR count). The van der Waals surface area contributed by atoms with Gasteiger partial charge in [0.2, 0.25) is 0 Å². The Labute approximate surface area is 121 Å². The van der Waals surface area contributed by atoms with Crippen LogP contribution < -0.4 is 5.19 Å². The molecule has 0 N–H and O–H groups in total. The summed E-state index contributed by atoms with van der Waals surface area (Å²) in [6.07, 6.45) is 0. The van der Waals surface area contributed by atoms with Gasteiger partial charge in [-0.3, -0.25) is 4.79 Å². The van der Waals surface area contributed by atoms with Crippen molar-refractivity contribution in [3.8, 4) is 0 Å². The highest BCUT2D eigenvalue weighted by Gasteiger charge is 2.39. The van der Waals surface area contributed by atoms with Crippen molar-refractivity contribution in [1.82, 2.24) is 0 Å². The van der Waals surface area contributed by atoms with Crippen molar-refractivity contribution in [3.05, 3.63) is 29.8 Å². The molecule has 2 heterocycles. The maximum absolute atomic E-state index is 11.0. The van der Waals surface area contributed by atoms with Gasteiger partial charge in [-0.15, -0.1) is 0 Å². The van der Waals surface area contributed by atoms with Gasteiger partial charge in [-0.2, -0.15) is 0 Å². The largest absolute Gasteiger partial charge is 0.511 e. The van der Waals surface area contributed by atoms with Crippen molar-refractivity contribution < 1.29 is 18.7 Å². The molecule has 2 aliphatic rings. The van der Waals surface area contributed by atoms with Crippen LogP contribution in [-0.4, -0.2) is 42.2 Å². The number of hydrogen-bond acceptors (Lipinski definition) is 4. The first-order valence-electron chi connectivity index (χ1n) is 6.93. The molecule has 0 unspecified atom stereocenters. The second-order valence-electron chi connectivity index (χ2n) is 5.40. The molecule has 0 amide bonds. The van der Waals surface area contributed by atoms with Crippen LogP contribution in [0.25, 0.3) is 0 Å². The van der Waals surface area contributed by atoms with E-state index >= 15 is 0 Å². The zero-order valence-electron chi connectivity index (χ0n) is 11.5. The number of benzene rings is 1. The van der Waals surface area contributed by atoms with Crippen LogP contribution in [0.2, 0.25) is 0 Å². The fourth-order valence-electron chi connectivity index (χ4n) is 2.82. The maximum Gasteiger partial charge on any atom is 0.355 e. The molecule has 1 aromatic carbocycles. The van der Waals surface area contributed by atoms with E-state index in [1.54, 1.807) is 0 Å². The van der Waals surface area contributed by atoms with Gasteiger partial charge in [-0.25, -0.2) is 0 Å². The molecule has 0 atom stereocenters. The van der Waals surface area contributed by atoms with Crippen molar-refractivity contribution in [3.63, 3.8) is 0 Å². The van der Waals surface area contributed by atoms with Crippen LogP contribution >= 0.6 is 0 Å². The summed E-state index contributed by atoms with van der Waals surface area (Å²) in [5.41, 5.74) is 1.30. The molecule has 0 aliphatic carbocycles. The second kappa shape index (κ2) is 6.07. The topological polar surface area (TPSA) is 44.8 Å². The van der Waals surface area contributed by atoms with E-state index in [-0.39, 0.29) is 15.7 Å². The van der Waals surface area contributed by atoms with E-state index in [1.807, 2.05) is 6.07 Å². The highest BCUT2D eigenvalue weighted by atomic mass is 28.2. The molecular formula is C15H18O4Si. The summed E-state index contributed by atoms with van der Waals surface area (Å²) >= 11 is 0. The summed E-state index contributed by atoms with van der Waals surface area (Å²) in [6, 6.07) is 8.28. The third-order valence-electron chi connectivity index (χ3n) is 3.97. The van der Waals surface area contributed by atoms with E-state index in [2.05, 4.69) is 18.2 Å². The van der Waals surface area contributed by atoms with E-state index in [0.29, 0.717) is 17.8 Å².